The molecule has 0 radical (unpaired) electrons. The van der Waals surface area contributed by atoms with E-state index in [-0.39, 0.29) is 28.6 Å². The predicted molar refractivity (Wildman–Crippen MR) is 163 cm³/mol. The molecule has 9 heteroatoms. The number of aromatic nitrogens is 1. The topological polar surface area (TPSA) is 112 Å². The fourth-order valence-corrected chi connectivity index (χ4v) is 9.66. The number of carbonyl (C=O) groups excluding carboxylic acids is 1. The summed E-state index contributed by atoms with van der Waals surface area (Å²) >= 11 is 0. The van der Waals surface area contributed by atoms with Crippen molar-refractivity contribution in [3.05, 3.63) is 94.3 Å². The fourth-order valence-electron chi connectivity index (χ4n) is 9.66. The third-order valence-corrected chi connectivity index (χ3v) is 11.2. The molecule has 5 aliphatic heterocycles. The highest BCUT2D eigenvalue weighted by molar-refractivity contribution is 5.99. The maximum Gasteiger partial charge on any atom is 0.337 e. The average Bonchev–Trinajstić information content (AvgIpc) is 3.60. The highest BCUT2D eigenvalue weighted by Gasteiger charge is 2.70. The number of carboxylic acid groups (broad SMARTS) is 2. The number of carboxylic acids is 2. The maximum absolute atomic E-state index is 13.2. The highest BCUT2D eigenvalue weighted by Crippen LogP contribution is 2.65. The van der Waals surface area contributed by atoms with E-state index in [1.54, 1.807) is 42.2 Å². The van der Waals surface area contributed by atoms with Gasteiger partial charge >= 0.3 is 11.9 Å². The van der Waals surface area contributed by atoms with Crippen LogP contribution in [0, 0.1) is 25.7 Å². The number of aromatic carboxylic acids is 2. The number of para-hydroxylation sites is 1. The van der Waals surface area contributed by atoms with Crippen LogP contribution in [0.2, 0.25) is 0 Å². The van der Waals surface area contributed by atoms with Crippen LogP contribution in [0.5, 0.6) is 0 Å². The molecule has 2 N–H and O–H groups in total. The highest BCUT2D eigenvalue weighted by atomic mass is 16.5. The van der Waals surface area contributed by atoms with Gasteiger partial charge in [0.25, 0.3) is 0 Å². The summed E-state index contributed by atoms with van der Waals surface area (Å²) < 4.78 is 7.98. The number of amides is 1. The third kappa shape index (κ3) is 3.62. The van der Waals surface area contributed by atoms with Crippen LogP contribution in [0.4, 0.5) is 5.69 Å². The molecule has 1 spiro atoms. The summed E-state index contributed by atoms with van der Waals surface area (Å²) in [6.45, 7) is 6.45. The Labute approximate surface area is 255 Å². The van der Waals surface area contributed by atoms with Crippen LogP contribution in [0.15, 0.2) is 66.2 Å². The van der Waals surface area contributed by atoms with Gasteiger partial charge in [-0.3, -0.25) is 9.69 Å². The van der Waals surface area contributed by atoms with E-state index in [1.807, 2.05) is 0 Å². The van der Waals surface area contributed by atoms with Crippen molar-refractivity contribution >= 4 is 23.5 Å². The monoisotopic (exact) mass is 593 g/mol. The largest absolute Gasteiger partial charge is 0.478 e. The molecule has 226 valence electrons. The van der Waals surface area contributed by atoms with Crippen LogP contribution in [0.3, 0.4) is 0 Å². The second kappa shape index (κ2) is 9.64. The minimum atomic E-state index is -1.01. The Balaban J connectivity index is 0.000000138. The Bertz CT molecular complexity index is 1780. The van der Waals surface area contributed by atoms with Crippen molar-refractivity contribution in [2.75, 3.05) is 24.6 Å². The summed E-state index contributed by atoms with van der Waals surface area (Å²) in [4.78, 5) is 40.1. The summed E-state index contributed by atoms with van der Waals surface area (Å²) in [7, 11) is 0. The van der Waals surface area contributed by atoms with Gasteiger partial charge in [0.05, 0.1) is 36.3 Å². The zero-order valence-electron chi connectivity index (χ0n) is 24.8. The van der Waals surface area contributed by atoms with Crippen molar-refractivity contribution in [1.82, 2.24) is 9.47 Å². The second-order valence-corrected chi connectivity index (χ2v) is 13.1. The van der Waals surface area contributed by atoms with Gasteiger partial charge in [0.15, 0.2) is 0 Å². The SMILES string of the molecule is Cc1cc(C(=O)O)c(C)n1-c1cccc(C(=O)O)c1.O=C1C[C@@H]2OCC=C3CN4CC[C@]56c7ccccc7N1[C@H]5[C@H]2[C@H]3C[C@H]46. The first-order valence-corrected chi connectivity index (χ1v) is 15.4. The number of nitrogens with zero attached hydrogens (tertiary/aromatic N) is 3. The van der Waals surface area contributed by atoms with E-state index in [2.05, 4.69) is 40.1 Å². The zero-order valence-corrected chi connectivity index (χ0v) is 24.8. The van der Waals surface area contributed by atoms with Gasteiger partial charge in [-0.15, -0.1) is 0 Å². The molecule has 1 amide bonds. The van der Waals surface area contributed by atoms with E-state index >= 15 is 0 Å². The van der Waals surface area contributed by atoms with Gasteiger partial charge in [-0.05, 0) is 75.0 Å². The lowest BCUT2D eigenvalue weighted by atomic mass is 9.53. The molecule has 6 atom stereocenters. The molecule has 1 aliphatic carbocycles. The standard InChI is InChI=1S/C21H22N2O2.C14H13NO4/c24-18-10-16-19-13-9-17-21(6-7-22(17)11-12(13)5-8-25-16)14-3-1-2-4-15(14)23(18)20(19)21;1-8-6-12(14(18)19)9(2)15(8)11-5-3-4-10(7-11)13(16)17/h1-5,13,16-17,19-20H,6-11H2;3-7H,1-2H3,(H,16,17)(H,18,19)/t13-,16-,17-,19-,20-,21+;/m0./s1. The molecule has 9 nitrogen and oxygen atoms in total. The lowest BCUT2D eigenvalue weighted by molar-refractivity contribution is -0.132. The number of fused-ring (bicyclic) bond motifs is 2. The summed E-state index contributed by atoms with van der Waals surface area (Å²) in [5, 5.41) is 18.1. The summed E-state index contributed by atoms with van der Waals surface area (Å²) in [6, 6.07) is 17.6. The van der Waals surface area contributed by atoms with Gasteiger partial charge < -0.3 is 24.4 Å². The molecule has 2 bridgehead atoms. The van der Waals surface area contributed by atoms with Gasteiger partial charge in [-0.1, -0.05) is 35.9 Å². The number of carbonyl (C=O) groups is 3. The normalized spacial score (nSPS) is 30.6. The van der Waals surface area contributed by atoms with Crippen molar-refractivity contribution in [3.63, 3.8) is 0 Å². The smallest absolute Gasteiger partial charge is 0.337 e. The van der Waals surface area contributed by atoms with Crippen LogP contribution >= 0.6 is 0 Å². The molecule has 6 aliphatic rings. The number of hydrogen-bond acceptors (Lipinski definition) is 5. The Morgan fingerprint density at radius 1 is 1.02 bits per heavy atom. The first-order chi connectivity index (χ1) is 21.2. The number of piperidine rings is 2. The Morgan fingerprint density at radius 3 is 2.61 bits per heavy atom. The molecule has 4 fully saturated rings. The van der Waals surface area contributed by atoms with Gasteiger partial charge in [0, 0.05) is 46.7 Å². The van der Waals surface area contributed by atoms with Crippen LogP contribution in [-0.2, 0) is 14.9 Å². The Hall–Kier alpha value is -4.21. The van der Waals surface area contributed by atoms with E-state index in [0.717, 1.165) is 12.2 Å². The van der Waals surface area contributed by atoms with Crippen molar-refractivity contribution < 1.29 is 29.3 Å². The predicted octanol–water partition coefficient (Wildman–Crippen LogP) is 4.58. The number of hydrogen-bond donors (Lipinski definition) is 2. The molecule has 0 unspecified atom stereocenters. The minimum Gasteiger partial charge on any atom is -0.478 e. The van der Waals surface area contributed by atoms with E-state index < -0.39 is 11.9 Å². The Morgan fingerprint density at radius 2 is 1.84 bits per heavy atom. The maximum atomic E-state index is 13.2. The molecular weight excluding hydrogens is 558 g/mol. The van der Waals surface area contributed by atoms with Gasteiger partial charge in [0.2, 0.25) is 5.91 Å². The van der Waals surface area contributed by atoms with Crippen LogP contribution < -0.4 is 4.90 Å². The summed E-state index contributed by atoms with van der Waals surface area (Å²) in [5.41, 5.74) is 6.71. The molecule has 2 aromatic carbocycles. The van der Waals surface area contributed by atoms with E-state index in [4.69, 9.17) is 14.9 Å². The molecule has 1 saturated carbocycles. The van der Waals surface area contributed by atoms with Crippen molar-refractivity contribution in [2.24, 2.45) is 11.8 Å². The number of benzene rings is 2. The molecule has 44 heavy (non-hydrogen) atoms. The molecular formula is C35H35N3O6. The molecule has 3 saturated heterocycles. The number of anilines is 1. The lowest BCUT2D eigenvalue weighted by Gasteiger charge is -2.58. The molecule has 1 aromatic heterocycles. The van der Waals surface area contributed by atoms with Gasteiger partial charge in [0.1, 0.15) is 0 Å². The molecule has 3 aromatic rings. The average molecular weight is 594 g/mol. The number of rotatable bonds is 3. The zero-order chi connectivity index (χ0) is 30.5. The third-order valence-electron chi connectivity index (χ3n) is 11.2. The van der Waals surface area contributed by atoms with Crippen LogP contribution in [0.1, 0.15) is 56.9 Å². The van der Waals surface area contributed by atoms with Gasteiger partial charge in [-0.2, -0.15) is 0 Å². The second-order valence-electron chi connectivity index (χ2n) is 13.1. The first kappa shape index (κ1) is 27.3. The van der Waals surface area contributed by atoms with E-state index in [0.29, 0.717) is 48.3 Å². The quantitative estimate of drug-likeness (QED) is 0.428. The Kier molecular flexibility index (Phi) is 5.99. The van der Waals surface area contributed by atoms with Crippen molar-refractivity contribution in [3.8, 4) is 5.69 Å². The summed E-state index contributed by atoms with van der Waals surface area (Å²) in [5.74, 6) is -0.654. The summed E-state index contributed by atoms with van der Waals surface area (Å²) in [6.07, 6.45) is 5.43. The lowest BCUT2D eigenvalue weighted by Crippen LogP contribution is -2.69. The van der Waals surface area contributed by atoms with Crippen molar-refractivity contribution in [2.45, 2.75) is 56.7 Å². The van der Waals surface area contributed by atoms with Crippen molar-refractivity contribution in [1.29, 1.82) is 0 Å². The molecule has 9 rings (SSSR count). The minimum absolute atomic E-state index is 0.104. The fraction of sp³-hybridized carbons (Fsp3) is 0.400. The molecule has 6 heterocycles. The number of aryl methyl sites for hydroxylation is 1. The van der Waals surface area contributed by atoms with Crippen LogP contribution in [0.25, 0.3) is 5.69 Å². The number of ether oxygens (including phenoxy) is 1. The first-order valence-electron chi connectivity index (χ1n) is 15.4. The van der Waals surface area contributed by atoms with Crippen LogP contribution in [-0.4, -0.2) is 75.4 Å². The van der Waals surface area contributed by atoms with E-state index in [1.165, 1.54) is 42.8 Å². The van der Waals surface area contributed by atoms with Gasteiger partial charge in [-0.25, -0.2) is 9.59 Å². The van der Waals surface area contributed by atoms with E-state index in [9.17, 15) is 14.4 Å².